The fourth-order valence-corrected chi connectivity index (χ4v) is 4.70. The minimum atomic E-state index is 0.0642. The Bertz CT molecular complexity index is 903. The molecule has 0 radical (unpaired) electrons. The van der Waals surface area contributed by atoms with E-state index in [9.17, 15) is 5.11 Å². The summed E-state index contributed by atoms with van der Waals surface area (Å²) < 4.78 is 2.06. The maximum atomic E-state index is 9.36. The van der Waals surface area contributed by atoms with E-state index in [0.717, 1.165) is 34.8 Å². The highest BCUT2D eigenvalue weighted by Crippen LogP contribution is 2.35. The standard InChI is InChI=1S/C21H26N4OS/c1-3-24-10-9-15(2)19(13-24)25-12-18(22-23-25)21-8-7-20(27-21)17-6-4-5-16(11-17)14-26/h4-8,11-12,15,19,26H,3,9-10,13-14H2,1-2H3. The number of nitrogens with zero attached hydrogens (tertiary/aromatic N) is 4. The average molecular weight is 383 g/mol. The maximum absolute atomic E-state index is 9.36. The minimum absolute atomic E-state index is 0.0642. The molecule has 0 bridgehead atoms. The lowest BCUT2D eigenvalue weighted by Gasteiger charge is -2.36. The quantitative estimate of drug-likeness (QED) is 0.723. The molecule has 4 rings (SSSR count). The predicted molar refractivity (Wildman–Crippen MR) is 110 cm³/mol. The van der Waals surface area contributed by atoms with Gasteiger partial charge in [0.1, 0.15) is 5.69 Å². The number of likely N-dealkylation sites (tertiary alicyclic amines) is 1. The molecule has 27 heavy (non-hydrogen) atoms. The first-order valence-electron chi connectivity index (χ1n) is 9.62. The van der Waals surface area contributed by atoms with Gasteiger partial charge in [0.2, 0.25) is 0 Å². The van der Waals surface area contributed by atoms with Gasteiger partial charge in [0.05, 0.1) is 23.7 Å². The summed E-state index contributed by atoms with van der Waals surface area (Å²) in [5, 5.41) is 18.3. The average Bonchev–Trinajstić information content (AvgIpc) is 3.38. The van der Waals surface area contributed by atoms with E-state index in [1.165, 1.54) is 17.8 Å². The third kappa shape index (κ3) is 3.83. The summed E-state index contributed by atoms with van der Waals surface area (Å²) in [6.07, 6.45) is 3.30. The van der Waals surface area contributed by atoms with Gasteiger partial charge in [-0.25, -0.2) is 4.68 Å². The number of rotatable bonds is 5. The molecule has 2 atom stereocenters. The van der Waals surface area contributed by atoms with Crippen molar-refractivity contribution in [3.8, 4) is 21.0 Å². The number of likely N-dealkylation sites (N-methyl/N-ethyl adjacent to an activating group) is 1. The number of aliphatic hydroxyl groups is 1. The highest BCUT2D eigenvalue weighted by molar-refractivity contribution is 7.18. The smallest absolute Gasteiger partial charge is 0.123 e. The van der Waals surface area contributed by atoms with Crippen molar-refractivity contribution in [1.29, 1.82) is 0 Å². The number of aliphatic hydroxyl groups excluding tert-OH is 1. The molecule has 3 heterocycles. The molecular formula is C21H26N4OS. The topological polar surface area (TPSA) is 54.2 Å². The Morgan fingerprint density at radius 2 is 2.07 bits per heavy atom. The van der Waals surface area contributed by atoms with Crippen molar-refractivity contribution in [3.63, 3.8) is 0 Å². The molecule has 1 N–H and O–H groups in total. The fourth-order valence-electron chi connectivity index (χ4n) is 3.75. The molecule has 1 fully saturated rings. The van der Waals surface area contributed by atoms with Crippen molar-refractivity contribution < 1.29 is 5.11 Å². The zero-order valence-corrected chi connectivity index (χ0v) is 16.7. The largest absolute Gasteiger partial charge is 0.392 e. The molecule has 0 saturated carbocycles. The van der Waals surface area contributed by atoms with E-state index in [-0.39, 0.29) is 6.61 Å². The molecule has 0 aliphatic carbocycles. The van der Waals surface area contributed by atoms with Gasteiger partial charge >= 0.3 is 0 Å². The normalized spacial score (nSPS) is 20.9. The van der Waals surface area contributed by atoms with Gasteiger partial charge in [-0.15, -0.1) is 16.4 Å². The van der Waals surface area contributed by atoms with Crippen molar-refractivity contribution in [2.24, 2.45) is 5.92 Å². The Hall–Kier alpha value is -2.02. The number of hydrogen-bond donors (Lipinski definition) is 1. The van der Waals surface area contributed by atoms with Crippen LogP contribution in [0, 0.1) is 5.92 Å². The van der Waals surface area contributed by atoms with E-state index in [1.54, 1.807) is 11.3 Å². The summed E-state index contributed by atoms with van der Waals surface area (Å²) >= 11 is 1.72. The molecule has 5 nitrogen and oxygen atoms in total. The molecule has 1 aliphatic rings. The Labute approximate surface area is 164 Å². The molecule has 1 aromatic carbocycles. The van der Waals surface area contributed by atoms with Crippen molar-refractivity contribution in [2.45, 2.75) is 32.9 Å². The summed E-state index contributed by atoms with van der Waals surface area (Å²) in [4.78, 5) is 4.79. The van der Waals surface area contributed by atoms with Crippen LogP contribution in [0.5, 0.6) is 0 Å². The molecule has 1 saturated heterocycles. The summed E-state index contributed by atoms with van der Waals surface area (Å²) in [5.74, 6) is 0.613. The highest BCUT2D eigenvalue weighted by atomic mass is 32.1. The Morgan fingerprint density at radius 3 is 2.89 bits per heavy atom. The van der Waals surface area contributed by atoms with Crippen LogP contribution in [-0.4, -0.2) is 44.6 Å². The molecule has 0 amide bonds. The van der Waals surface area contributed by atoms with E-state index >= 15 is 0 Å². The molecule has 3 aromatic rings. The Balaban J connectivity index is 1.56. The van der Waals surface area contributed by atoms with Gasteiger partial charge in [-0.2, -0.15) is 0 Å². The van der Waals surface area contributed by atoms with Gasteiger partial charge in [0.25, 0.3) is 0 Å². The second-order valence-corrected chi connectivity index (χ2v) is 8.42. The summed E-state index contributed by atoms with van der Waals surface area (Å²) in [6, 6.07) is 12.7. The van der Waals surface area contributed by atoms with E-state index in [0.29, 0.717) is 12.0 Å². The molecule has 2 aromatic heterocycles. The molecular weight excluding hydrogens is 356 g/mol. The number of aromatic nitrogens is 3. The molecule has 2 unspecified atom stereocenters. The lowest BCUT2D eigenvalue weighted by molar-refractivity contribution is 0.129. The first-order chi connectivity index (χ1) is 13.2. The predicted octanol–water partition coefficient (Wildman–Crippen LogP) is 4.07. The van der Waals surface area contributed by atoms with E-state index in [4.69, 9.17) is 0 Å². The van der Waals surface area contributed by atoms with Crippen molar-refractivity contribution in [3.05, 3.63) is 48.2 Å². The van der Waals surface area contributed by atoms with Gasteiger partial charge in [0, 0.05) is 11.4 Å². The number of piperidine rings is 1. The van der Waals surface area contributed by atoms with E-state index < -0.39 is 0 Å². The third-order valence-corrected chi connectivity index (χ3v) is 6.71. The highest BCUT2D eigenvalue weighted by Gasteiger charge is 2.28. The summed E-state index contributed by atoms with van der Waals surface area (Å²) in [5.41, 5.74) is 3.00. The van der Waals surface area contributed by atoms with Crippen molar-refractivity contribution in [2.75, 3.05) is 19.6 Å². The minimum Gasteiger partial charge on any atom is -0.392 e. The Kier molecular flexibility index (Phi) is 5.38. The summed E-state index contributed by atoms with van der Waals surface area (Å²) in [6.45, 7) is 7.91. The molecule has 6 heteroatoms. The first kappa shape index (κ1) is 18.3. The molecule has 0 spiro atoms. The zero-order chi connectivity index (χ0) is 18.8. The van der Waals surface area contributed by atoms with Crippen LogP contribution >= 0.6 is 11.3 Å². The monoisotopic (exact) mass is 382 g/mol. The maximum Gasteiger partial charge on any atom is 0.123 e. The van der Waals surface area contributed by atoms with Gasteiger partial charge in [-0.1, -0.05) is 37.3 Å². The first-order valence-corrected chi connectivity index (χ1v) is 10.4. The van der Waals surface area contributed by atoms with Crippen LogP contribution in [-0.2, 0) is 6.61 Å². The van der Waals surface area contributed by atoms with Crippen LogP contribution in [0.3, 0.4) is 0 Å². The van der Waals surface area contributed by atoms with Gasteiger partial charge in [0.15, 0.2) is 0 Å². The fraction of sp³-hybridized carbons (Fsp3) is 0.429. The SMILES string of the molecule is CCN1CCC(C)C(n2cc(-c3ccc(-c4cccc(CO)c4)s3)nn2)C1. The van der Waals surface area contributed by atoms with Gasteiger partial charge in [-0.3, -0.25) is 0 Å². The van der Waals surface area contributed by atoms with E-state index in [2.05, 4.69) is 58.1 Å². The van der Waals surface area contributed by atoms with Crippen LogP contribution in [0.25, 0.3) is 21.0 Å². The number of thiophene rings is 1. The van der Waals surface area contributed by atoms with E-state index in [1.807, 2.05) is 18.2 Å². The van der Waals surface area contributed by atoms with Crippen LogP contribution < -0.4 is 0 Å². The van der Waals surface area contributed by atoms with Crippen LogP contribution in [0.1, 0.15) is 31.9 Å². The number of hydrogen-bond acceptors (Lipinski definition) is 5. The molecule has 1 aliphatic heterocycles. The van der Waals surface area contributed by atoms with Gasteiger partial charge in [-0.05, 0) is 54.8 Å². The van der Waals surface area contributed by atoms with Crippen molar-refractivity contribution in [1.82, 2.24) is 19.9 Å². The van der Waals surface area contributed by atoms with Crippen molar-refractivity contribution >= 4 is 11.3 Å². The lowest BCUT2D eigenvalue weighted by Crippen LogP contribution is -2.40. The van der Waals surface area contributed by atoms with Crippen LogP contribution in [0.15, 0.2) is 42.6 Å². The zero-order valence-electron chi connectivity index (χ0n) is 15.9. The van der Waals surface area contributed by atoms with Crippen LogP contribution in [0.2, 0.25) is 0 Å². The molecule has 142 valence electrons. The third-order valence-electron chi connectivity index (χ3n) is 5.55. The summed E-state index contributed by atoms with van der Waals surface area (Å²) in [7, 11) is 0. The number of benzene rings is 1. The van der Waals surface area contributed by atoms with Crippen LogP contribution in [0.4, 0.5) is 0 Å². The Morgan fingerprint density at radius 1 is 1.22 bits per heavy atom. The second kappa shape index (κ2) is 7.92. The lowest BCUT2D eigenvalue weighted by atomic mass is 9.93. The van der Waals surface area contributed by atoms with Gasteiger partial charge < -0.3 is 10.0 Å². The second-order valence-electron chi connectivity index (χ2n) is 7.33.